The molecule has 0 aliphatic rings. The lowest BCUT2D eigenvalue weighted by Gasteiger charge is -2.19. The number of nitrogens with zero attached hydrogens (tertiary/aromatic N) is 1. The Morgan fingerprint density at radius 2 is 2.18 bits per heavy atom. The van der Waals surface area contributed by atoms with E-state index in [1.165, 1.54) is 0 Å². The molecule has 0 rings (SSSR count). The van der Waals surface area contributed by atoms with Crippen LogP contribution in [-0.4, -0.2) is 30.9 Å². The highest BCUT2D eigenvalue weighted by atomic mass is 16.2. The smallest absolute Gasteiger partial charge is 0.236 e. The Balaban J connectivity index is 3.67. The maximum absolute atomic E-state index is 11.0. The third-order valence-corrected chi connectivity index (χ3v) is 1.88. The van der Waals surface area contributed by atoms with Crippen molar-refractivity contribution in [2.24, 2.45) is 11.7 Å². The molecule has 0 saturated carbocycles. The predicted octanol–water partition coefficient (Wildman–Crippen LogP) is 0.450. The van der Waals surface area contributed by atoms with Crippen LogP contribution in [0.15, 0.2) is 0 Å². The van der Waals surface area contributed by atoms with E-state index in [0.717, 1.165) is 13.0 Å². The molecule has 0 saturated heterocycles. The maximum atomic E-state index is 11.0. The summed E-state index contributed by atoms with van der Waals surface area (Å²) in [6, 6.07) is 0. The van der Waals surface area contributed by atoms with Crippen LogP contribution in [0.4, 0.5) is 0 Å². The monoisotopic (exact) mass is 158 g/mol. The van der Waals surface area contributed by atoms with Gasteiger partial charge in [0.05, 0.1) is 6.54 Å². The predicted molar refractivity (Wildman–Crippen MR) is 46.1 cm³/mol. The third kappa shape index (κ3) is 3.98. The molecular weight excluding hydrogens is 140 g/mol. The molecule has 1 atom stereocenters. The zero-order chi connectivity index (χ0) is 8.85. The molecule has 0 radical (unpaired) electrons. The highest BCUT2D eigenvalue weighted by molar-refractivity contribution is 5.77. The Morgan fingerprint density at radius 3 is 2.55 bits per heavy atom. The standard InChI is InChI=1S/C8H18N2O/c1-4-7(2)6-10(3)8(11)5-9/h7H,4-6,9H2,1-3H3. The molecular formula is C8H18N2O. The van der Waals surface area contributed by atoms with Crippen molar-refractivity contribution in [2.45, 2.75) is 20.3 Å². The van der Waals surface area contributed by atoms with Crippen molar-refractivity contribution in [1.82, 2.24) is 4.90 Å². The van der Waals surface area contributed by atoms with Crippen LogP contribution >= 0.6 is 0 Å². The lowest BCUT2D eigenvalue weighted by atomic mass is 10.1. The lowest BCUT2D eigenvalue weighted by molar-refractivity contribution is -0.128. The Labute approximate surface area is 68.6 Å². The molecule has 1 amide bonds. The summed E-state index contributed by atoms with van der Waals surface area (Å²) in [5.74, 6) is 0.584. The molecule has 0 aliphatic heterocycles. The summed E-state index contributed by atoms with van der Waals surface area (Å²) in [7, 11) is 1.79. The molecule has 0 aromatic carbocycles. The van der Waals surface area contributed by atoms with Gasteiger partial charge in [0.15, 0.2) is 0 Å². The fraction of sp³-hybridized carbons (Fsp3) is 0.875. The van der Waals surface area contributed by atoms with Crippen LogP contribution in [0, 0.1) is 5.92 Å². The zero-order valence-electron chi connectivity index (χ0n) is 7.63. The molecule has 0 aromatic heterocycles. The van der Waals surface area contributed by atoms with Gasteiger partial charge in [0.1, 0.15) is 0 Å². The minimum absolute atomic E-state index is 0.0188. The quantitative estimate of drug-likeness (QED) is 0.645. The summed E-state index contributed by atoms with van der Waals surface area (Å²) in [6.45, 7) is 5.17. The summed E-state index contributed by atoms with van der Waals surface area (Å²) in [6.07, 6.45) is 1.10. The van der Waals surface area contributed by atoms with Gasteiger partial charge in [-0.3, -0.25) is 4.79 Å². The van der Waals surface area contributed by atoms with E-state index < -0.39 is 0 Å². The van der Waals surface area contributed by atoms with Gasteiger partial charge in [0, 0.05) is 13.6 Å². The molecule has 2 N–H and O–H groups in total. The summed E-state index contributed by atoms with van der Waals surface area (Å²) in [4.78, 5) is 12.7. The van der Waals surface area contributed by atoms with E-state index in [1.807, 2.05) is 0 Å². The van der Waals surface area contributed by atoms with Crippen molar-refractivity contribution in [3.05, 3.63) is 0 Å². The first-order chi connectivity index (χ1) is 5.11. The summed E-state index contributed by atoms with van der Waals surface area (Å²) in [5, 5.41) is 0. The zero-order valence-corrected chi connectivity index (χ0v) is 7.63. The third-order valence-electron chi connectivity index (χ3n) is 1.88. The van der Waals surface area contributed by atoms with E-state index in [-0.39, 0.29) is 12.5 Å². The first kappa shape index (κ1) is 10.4. The van der Waals surface area contributed by atoms with Crippen LogP contribution in [0.1, 0.15) is 20.3 Å². The maximum Gasteiger partial charge on any atom is 0.236 e. The Kier molecular flexibility index (Phi) is 4.86. The largest absolute Gasteiger partial charge is 0.344 e. The fourth-order valence-corrected chi connectivity index (χ4v) is 0.854. The SMILES string of the molecule is CCC(C)CN(C)C(=O)CN. The first-order valence-electron chi connectivity index (χ1n) is 4.05. The number of carbonyl (C=O) groups excluding carboxylic acids is 1. The van der Waals surface area contributed by atoms with E-state index in [4.69, 9.17) is 5.73 Å². The van der Waals surface area contributed by atoms with Gasteiger partial charge in [-0.15, -0.1) is 0 Å². The molecule has 0 aromatic rings. The van der Waals surface area contributed by atoms with E-state index in [9.17, 15) is 4.79 Å². The van der Waals surface area contributed by atoms with Crippen molar-refractivity contribution >= 4 is 5.91 Å². The summed E-state index contributed by atoms with van der Waals surface area (Å²) >= 11 is 0. The Bertz CT molecular complexity index is 125. The molecule has 0 aliphatic carbocycles. The number of hydrogen-bond donors (Lipinski definition) is 1. The van der Waals surface area contributed by atoms with Gasteiger partial charge in [-0.25, -0.2) is 0 Å². The first-order valence-corrected chi connectivity index (χ1v) is 4.05. The van der Waals surface area contributed by atoms with Crippen LogP contribution in [0.5, 0.6) is 0 Å². The number of nitrogens with two attached hydrogens (primary N) is 1. The van der Waals surface area contributed by atoms with E-state index in [2.05, 4.69) is 13.8 Å². The van der Waals surface area contributed by atoms with E-state index in [0.29, 0.717) is 5.92 Å². The molecule has 0 bridgehead atoms. The number of hydrogen-bond acceptors (Lipinski definition) is 2. The topological polar surface area (TPSA) is 46.3 Å². The van der Waals surface area contributed by atoms with Crippen LogP contribution in [-0.2, 0) is 4.79 Å². The Hall–Kier alpha value is -0.570. The second-order valence-corrected chi connectivity index (χ2v) is 2.99. The molecule has 3 nitrogen and oxygen atoms in total. The van der Waals surface area contributed by atoms with Gasteiger partial charge < -0.3 is 10.6 Å². The van der Waals surface area contributed by atoms with Crippen LogP contribution in [0.2, 0.25) is 0 Å². The van der Waals surface area contributed by atoms with Gasteiger partial charge in [0.2, 0.25) is 5.91 Å². The normalized spacial score (nSPS) is 12.7. The van der Waals surface area contributed by atoms with Gasteiger partial charge in [-0.2, -0.15) is 0 Å². The average Bonchev–Trinajstić information content (AvgIpc) is 2.02. The van der Waals surface area contributed by atoms with Crippen molar-refractivity contribution in [1.29, 1.82) is 0 Å². The summed E-state index contributed by atoms with van der Waals surface area (Å²) < 4.78 is 0. The van der Waals surface area contributed by atoms with Crippen LogP contribution in [0.25, 0.3) is 0 Å². The molecule has 0 spiro atoms. The minimum Gasteiger partial charge on any atom is -0.344 e. The lowest BCUT2D eigenvalue weighted by Crippen LogP contribution is -2.35. The summed E-state index contributed by atoms with van der Waals surface area (Å²) in [5.41, 5.74) is 5.20. The minimum atomic E-state index is 0.0188. The van der Waals surface area contributed by atoms with Gasteiger partial charge in [-0.1, -0.05) is 20.3 Å². The molecule has 0 heterocycles. The highest BCUT2D eigenvalue weighted by Gasteiger charge is 2.08. The number of rotatable bonds is 4. The average molecular weight is 158 g/mol. The molecule has 1 unspecified atom stereocenters. The second kappa shape index (κ2) is 5.13. The molecule has 3 heteroatoms. The van der Waals surface area contributed by atoms with Gasteiger partial charge >= 0.3 is 0 Å². The van der Waals surface area contributed by atoms with Gasteiger partial charge in [-0.05, 0) is 5.92 Å². The molecule has 0 fully saturated rings. The van der Waals surface area contributed by atoms with Gasteiger partial charge in [0.25, 0.3) is 0 Å². The molecule has 66 valence electrons. The van der Waals surface area contributed by atoms with E-state index in [1.54, 1.807) is 11.9 Å². The number of amides is 1. The highest BCUT2D eigenvalue weighted by Crippen LogP contribution is 2.01. The second-order valence-electron chi connectivity index (χ2n) is 2.99. The number of carbonyl (C=O) groups is 1. The van der Waals surface area contributed by atoms with Crippen LogP contribution < -0.4 is 5.73 Å². The van der Waals surface area contributed by atoms with E-state index >= 15 is 0 Å². The fourth-order valence-electron chi connectivity index (χ4n) is 0.854. The van der Waals surface area contributed by atoms with Crippen molar-refractivity contribution in [3.63, 3.8) is 0 Å². The van der Waals surface area contributed by atoms with Crippen molar-refractivity contribution in [3.8, 4) is 0 Å². The van der Waals surface area contributed by atoms with Crippen molar-refractivity contribution in [2.75, 3.05) is 20.1 Å². The number of likely N-dealkylation sites (N-methyl/N-ethyl adjacent to an activating group) is 1. The van der Waals surface area contributed by atoms with Crippen LogP contribution in [0.3, 0.4) is 0 Å². The van der Waals surface area contributed by atoms with Crippen molar-refractivity contribution < 1.29 is 4.79 Å². The Morgan fingerprint density at radius 1 is 1.64 bits per heavy atom. The molecule has 11 heavy (non-hydrogen) atoms.